The molecule has 1 saturated heterocycles. The molecule has 1 aromatic rings. The van der Waals surface area contributed by atoms with Crippen molar-refractivity contribution in [3.63, 3.8) is 0 Å². The molecule has 0 bridgehead atoms. The normalized spacial score (nSPS) is 15.4. The van der Waals surface area contributed by atoms with E-state index in [2.05, 4.69) is 26.2 Å². The van der Waals surface area contributed by atoms with Gasteiger partial charge in [-0.25, -0.2) is 4.98 Å². The van der Waals surface area contributed by atoms with Crippen LogP contribution in [0.1, 0.15) is 10.5 Å². The third kappa shape index (κ3) is 3.17. The summed E-state index contributed by atoms with van der Waals surface area (Å²) in [6, 6.07) is 3.58. The number of amides is 1. The highest BCUT2D eigenvalue weighted by atomic mass is 79.9. The summed E-state index contributed by atoms with van der Waals surface area (Å²) in [5.41, 5.74) is 0.514. The topological polar surface area (TPSA) is 45.2 Å². The van der Waals surface area contributed by atoms with Crippen molar-refractivity contribution in [2.45, 2.75) is 0 Å². The van der Waals surface area contributed by atoms with Gasteiger partial charge in [0.2, 0.25) is 0 Å². The van der Waals surface area contributed by atoms with Gasteiger partial charge in [-0.05, 0) is 28.1 Å². The first-order chi connectivity index (χ1) is 7.27. The Hall–Kier alpha value is -0.650. The molecule has 88 valence electrons. The van der Waals surface area contributed by atoms with Gasteiger partial charge in [-0.2, -0.15) is 0 Å². The molecule has 1 aliphatic rings. The Morgan fingerprint density at radius 1 is 1.38 bits per heavy atom. The van der Waals surface area contributed by atoms with Crippen LogP contribution in [0.25, 0.3) is 0 Å². The molecule has 2 heterocycles. The second kappa shape index (κ2) is 6.18. The highest BCUT2D eigenvalue weighted by Gasteiger charge is 2.18. The molecule has 0 spiro atoms. The number of nitrogens with one attached hydrogen (secondary N) is 1. The van der Waals surface area contributed by atoms with Crippen molar-refractivity contribution in [2.24, 2.45) is 0 Å². The van der Waals surface area contributed by atoms with Crippen LogP contribution in [0.3, 0.4) is 0 Å². The molecule has 2 rings (SSSR count). The third-order valence-electron chi connectivity index (χ3n) is 2.35. The molecule has 0 unspecified atom stereocenters. The van der Waals surface area contributed by atoms with Gasteiger partial charge in [0.15, 0.2) is 0 Å². The molecule has 1 fully saturated rings. The fraction of sp³-hybridized carbons (Fsp3) is 0.400. The highest BCUT2D eigenvalue weighted by Crippen LogP contribution is 2.09. The minimum atomic E-state index is 0. The number of pyridine rings is 1. The second-order valence-electron chi connectivity index (χ2n) is 3.40. The number of rotatable bonds is 1. The van der Waals surface area contributed by atoms with Crippen LogP contribution in [0.2, 0.25) is 0 Å². The summed E-state index contributed by atoms with van der Waals surface area (Å²) >= 11 is 3.29. The maximum Gasteiger partial charge on any atom is 0.272 e. The molecule has 0 radical (unpaired) electrons. The van der Waals surface area contributed by atoms with E-state index in [9.17, 15) is 4.79 Å². The lowest BCUT2D eigenvalue weighted by molar-refractivity contribution is 0.0730. The summed E-state index contributed by atoms with van der Waals surface area (Å²) in [5.74, 6) is 0.0176. The van der Waals surface area contributed by atoms with Gasteiger partial charge in [0, 0.05) is 36.8 Å². The quantitative estimate of drug-likeness (QED) is 0.851. The molecular weight excluding hydrogens is 293 g/mol. The fourth-order valence-electron chi connectivity index (χ4n) is 1.53. The zero-order valence-corrected chi connectivity index (χ0v) is 11.1. The molecule has 0 aliphatic carbocycles. The number of carbonyl (C=O) groups excluding carboxylic acids is 1. The van der Waals surface area contributed by atoms with E-state index in [1.807, 2.05) is 11.0 Å². The average molecular weight is 307 g/mol. The molecular formula is C10H13BrClN3O. The number of hydrogen-bond acceptors (Lipinski definition) is 3. The monoisotopic (exact) mass is 305 g/mol. The second-order valence-corrected chi connectivity index (χ2v) is 4.32. The maximum atomic E-state index is 11.9. The van der Waals surface area contributed by atoms with Crippen molar-refractivity contribution in [1.82, 2.24) is 15.2 Å². The van der Waals surface area contributed by atoms with E-state index in [0.717, 1.165) is 30.7 Å². The van der Waals surface area contributed by atoms with Gasteiger partial charge in [0.1, 0.15) is 5.69 Å². The molecule has 0 aromatic carbocycles. The van der Waals surface area contributed by atoms with Crippen molar-refractivity contribution in [2.75, 3.05) is 26.2 Å². The minimum Gasteiger partial charge on any atom is -0.335 e. The zero-order chi connectivity index (χ0) is 10.7. The van der Waals surface area contributed by atoms with Crippen LogP contribution < -0.4 is 5.32 Å². The van der Waals surface area contributed by atoms with E-state index >= 15 is 0 Å². The summed E-state index contributed by atoms with van der Waals surface area (Å²) in [4.78, 5) is 17.9. The standard InChI is InChI=1S/C10H12BrN3O.ClH/c11-8-1-2-9(13-7-8)10(15)14-5-3-12-4-6-14;/h1-2,7,12H,3-6H2;1H. The predicted molar refractivity (Wildman–Crippen MR) is 68.0 cm³/mol. The first-order valence-electron chi connectivity index (χ1n) is 4.89. The van der Waals surface area contributed by atoms with Crippen LogP contribution in [0.5, 0.6) is 0 Å². The van der Waals surface area contributed by atoms with E-state index < -0.39 is 0 Å². The summed E-state index contributed by atoms with van der Waals surface area (Å²) in [7, 11) is 0. The molecule has 1 N–H and O–H groups in total. The van der Waals surface area contributed by atoms with Crippen LogP contribution in [0.15, 0.2) is 22.8 Å². The minimum absolute atomic E-state index is 0. The van der Waals surface area contributed by atoms with Crippen LogP contribution in [-0.2, 0) is 0 Å². The zero-order valence-electron chi connectivity index (χ0n) is 8.65. The lowest BCUT2D eigenvalue weighted by atomic mass is 10.3. The lowest BCUT2D eigenvalue weighted by Crippen LogP contribution is -2.46. The molecule has 1 aromatic heterocycles. The summed E-state index contributed by atoms with van der Waals surface area (Å²) in [6.45, 7) is 3.25. The fourth-order valence-corrected chi connectivity index (χ4v) is 1.77. The molecule has 16 heavy (non-hydrogen) atoms. The number of piperazine rings is 1. The Labute approximate surface area is 109 Å². The molecule has 4 nitrogen and oxygen atoms in total. The Morgan fingerprint density at radius 2 is 2.06 bits per heavy atom. The van der Waals surface area contributed by atoms with E-state index in [0.29, 0.717) is 5.69 Å². The van der Waals surface area contributed by atoms with Crippen LogP contribution in [0, 0.1) is 0 Å². The maximum absolute atomic E-state index is 11.9. The van der Waals surface area contributed by atoms with E-state index in [1.165, 1.54) is 0 Å². The van der Waals surface area contributed by atoms with Gasteiger partial charge in [0.25, 0.3) is 5.91 Å². The molecule has 0 atom stereocenters. The van der Waals surface area contributed by atoms with Gasteiger partial charge >= 0.3 is 0 Å². The third-order valence-corrected chi connectivity index (χ3v) is 2.82. The number of halogens is 2. The van der Waals surface area contributed by atoms with Crippen molar-refractivity contribution in [3.05, 3.63) is 28.5 Å². The molecule has 6 heteroatoms. The number of nitrogens with zero attached hydrogens (tertiary/aromatic N) is 2. The van der Waals surface area contributed by atoms with Gasteiger partial charge in [-0.1, -0.05) is 0 Å². The van der Waals surface area contributed by atoms with E-state index in [-0.39, 0.29) is 18.3 Å². The van der Waals surface area contributed by atoms with E-state index in [1.54, 1.807) is 12.3 Å². The van der Waals surface area contributed by atoms with Crippen LogP contribution >= 0.6 is 28.3 Å². The van der Waals surface area contributed by atoms with Gasteiger partial charge in [-0.3, -0.25) is 4.79 Å². The Balaban J connectivity index is 0.00000128. The van der Waals surface area contributed by atoms with Gasteiger partial charge in [-0.15, -0.1) is 12.4 Å². The van der Waals surface area contributed by atoms with Gasteiger partial charge in [0.05, 0.1) is 0 Å². The Morgan fingerprint density at radius 3 is 2.62 bits per heavy atom. The smallest absolute Gasteiger partial charge is 0.272 e. The van der Waals surface area contributed by atoms with Crippen molar-refractivity contribution < 1.29 is 4.79 Å². The predicted octanol–water partition coefficient (Wildman–Crippen LogP) is 1.31. The van der Waals surface area contributed by atoms with Crippen molar-refractivity contribution >= 4 is 34.2 Å². The SMILES string of the molecule is Cl.O=C(c1ccc(Br)cn1)N1CCNCC1. The molecule has 0 saturated carbocycles. The molecule has 1 aliphatic heterocycles. The lowest BCUT2D eigenvalue weighted by Gasteiger charge is -2.26. The van der Waals surface area contributed by atoms with Crippen molar-refractivity contribution in [1.29, 1.82) is 0 Å². The van der Waals surface area contributed by atoms with E-state index in [4.69, 9.17) is 0 Å². The summed E-state index contributed by atoms with van der Waals surface area (Å²) < 4.78 is 0.888. The Kier molecular flexibility index (Phi) is 5.18. The Bertz CT molecular complexity index is 352. The number of carbonyl (C=O) groups is 1. The summed E-state index contributed by atoms with van der Waals surface area (Å²) in [5, 5.41) is 3.21. The first kappa shape index (κ1) is 13.4. The largest absolute Gasteiger partial charge is 0.335 e. The number of hydrogen-bond donors (Lipinski definition) is 1. The van der Waals surface area contributed by atoms with Crippen LogP contribution in [0.4, 0.5) is 0 Å². The number of aromatic nitrogens is 1. The highest BCUT2D eigenvalue weighted by molar-refractivity contribution is 9.10. The average Bonchev–Trinajstić information content (AvgIpc) is 2.30. The van der Waals surface area contributed by atoms with Crippen LogP contribution in [-0.4, -0.2) is 42.0 Å². The van der Waals surface area contributed by atoms with Gasteiger partial charge < -0.3 is 10.2 Å². The molecule has 1 amide bonds. The summed E-state index contributed by atoms with van der Waals surface area (Å²) in [6.07, 6.45) is 1.65. The first-order valence-corrected chi connectivity index (χ1v) is 5.68. The van der Waals surface area contributed by atoms with Crippen molar-refractivity contribution in [3.8, 4) is 0 Å².